The summed E-state index contributed by atoms with van der Waals surface area (Å²) in [4.78, 5) is 24.4. The highest BCUT2D eigenvalue weighted by Gasteiger charge is 2.22. The molecular formula is C25H27N5O2S. The van der Waals surface area contributed by atoms with E-state index in [9.17, 15) is 4.79 Å². The van der Waals surface area contributed by atoms with Gasteiger partial charge in [0.25, 0.3) is 0 Å². The number of methoxy groups -OCH3 is 1. The zero-order valence-electron chi connectivity index (χ0n) is 19.3. The first-order valence-electron chi connectivity index (χ1n) is 10.7. The summed E-state index contributed by atoms with van der Waals surface area (Å²) in [6.45, 7) is 8.24. The Balaban J connectivity index is 1.57. The predicted molar refractivity (Wildman–Crippen MR) is 133 cm³/mol. The molecule has 1 amide bonds. The molecular weight excluding hydrogens is 434 g/mol. The highest BCUT2D eigenvalue weighted by atomic mass is 32.1. The molecule has 170 valence electrons. The Morgan fingerprint density at radius 1 is 1.24 bits per heavy atom. The molecule has 0 N–H and O–H groups in total. The maximum atomic E-state index is 13.2. The lowest BCUT2D eigenvalue weighted by Crippen LogP contribution is -2.31. The number of nitrogens with zero attached hydrogens (tertiary/aromatic N) is 5. The Kier molecular flexibility index (Phi) is 6.55. The molecule has 0 radical (unpaired) electrons. The van der Waals surface area contributed by atoms with Crippen molar-refractivity contribution in [2.75, 3.05) is 18.6 Å². The molecule has 1 aromatic carbocycles. The van der Waals surface area contributed by atoms with E-state index in [0.29, 0.717) is 30.4 Å². The average molecular weight is 462 g/mol. The second kappa shape index (κ2) is 9.54. The number of carbonyl (C=O) groups is 1. The second-order valence-electron chi connectivity index (χ2n) is 7.81. The Hall–Kier alpha value is -3.52. The third kappa shape index (κ3) is 4.39. The van der Waals surface area contributed by atoms with Crippen LogP contribution in [0, 0.1) is 13.8 Å². The molecule has 0 unspecified atom stereocenters. The zero-order chi connectivity index (χ0) is 23.5. The number of amides is 1. The zero-order valence-corrected chi connectivity index (χ0v) is 20.1. The van der Waals surface area contributed by atoms with Crippen LogP contribution in [0.5, 0.6) is 5.88 Å². The molecule has 4 rings (SSSR count). The van der Waals surface area contributed by atoms with E-state index in [0.717, 1.165) is 39.1 Å². The van der Waals surface area contributed by atoms with Gasteiger partial charge in [-0.05, 0) is 31.4 Å². The fourth-order valence-corrected chi connectivity index (χ4v) is 4.88. The number of ether oxygens (including phenoxy) is 1. The first kappa shape index (κ1) is 22.7. The summed E-state index contributed by atoms with van der Waals surface area (Å²) < 4.78 is 7.18. The number of fused-ring (bicyclic) bond motifs is 1. The minimum absolute atomic E-state index is 0.000843. The van der Waals surface area contributed by atoms with E-state index in [-0.39, 0.29) is 5.91 Å². The molecule has 8 heteroatoms. The quantitative estimate of drug-likeness (QED) is 0.350. The molecule has 3 heterocycles. The van der Waals surface area contributed by atoms with Gasteiger partial charge in [0.1, 0.15) is 0 Å². The highest BCUT2D eigenvalue weighted by Crippen LogP contribution is 2.31. The molecule has 3 aromatic heterocycles. The number of hydrogen-bond donors (Lipinski definition) is 0. The SMILES string of the molecule is C=CCN(C(=O)CCc1c(C)nc2c(c(OC)nn2C)c1C)c1nc(-c2ccccc2)cs1. The fourth-order valence-electron chi connectivity index (χ4n) is 4.02. The number of thiazole rings is 1. The van der Waals surface area contributed by atoms with E-state index in [1.807, 2.05) is 56.6 Å². The summed E-state index contributed by atoms with van der Waals surface area (Å²) in [5.74, 6) is 0.551. The van der Waals surface area contributed by atoms with E-state index in [1.165, 1.54) is 11.3 Å². The normalized spacial score (nSPS) is 11.0. The van der Waals surface area contributed by atoms with Gasteiger partial charge in [-0.2, -0.15) is 0 Å². The maximum absolute atomic E-state index is 13.2. The van der Waals surface area contributed by atoms with E-state index in [2.05, 4.69) is 11.7 Å². The van der Waals surface area contributed by atoms with Crippen molar-refractivity contribution < 1.29 is 9.53 Å². The van der Waals surface area contributed by atoms with Crippen molar-refractivity contribution >= 4 is 33.4 Å². The summed E-state index contributed by atoms with van der Waals surface area (Å²) in [7, 11) is 3.46. The van der Waals surface area contributed by atoms with Crippen molar-refractivity contribution in [3.8, 4) is 17.1 Å². The minimum Gasteiger partial charge on any atom is -0.479 e. The van der Waals surface area contributed by atoms with Gasteiger partial charge in [-0.1, -0.05) is 36.4 Å². The Bertz CT molecular complexity index is 1310. The van der Waals surface area contributed by atoms with Crippen molar-refractivity contribution in [2.24, 2.45) is 7.05 Å². The van der Waals surface area contributed by atoms with Gasteiger partial charge in [0, 0.05) is 36.7 Å². The van der Waals surface area contributed by atoms with E-state index >= 15 is 0 Å². The number of anilines is 1. The van der Waals surface area contributed by atoms with Crippen molar-refractivity contribution in [3.63, 3.8) is 0 Å². The van der Waals surface area contributed by atoms with Gasteiger partial charge >= 0.3 is 0 Å². The molecule has 0 atom stereocenters. The summed E-state index contributed by atoms with van der Waals surface area (Å²) in [6, 6.07) is 9.96. The number of aromatic nitrogens is 4. The van der Waals surface area contributed by atoms with Crippen molar-refractivity contribution in [1.29, 1.82) is 0 Å². The molecule has 0 aliphatic heterocycles. The van der Waals surface area contributed by atoms with Gasteiger partial charge in [0.05, 0.1) is 18.2 Å². The molecule has 0 aliphatic carbocycles. The molecule has 7 nitrogen and oxygen atoms in total. The van der Waals surface area contributed by atoms with E-state index < -0.39 is 0 Å². The van der Waals surface area contributed by atoms with Gasteiger partial charge < -0.3 is 4.74 Å². The van der Waals surface area contributed by atoms with Crippen LogP contribution in [0.2, 0.25) is 0 Å². The van der Waals surface area contributed by atoms with Crippen molar-refractivity contribution in [1.82, 2.24) is 19.7 Å². The van der Waals surface area contributed by atoms with Crippen molar-refractivity contribution in [3.05, 3.63) is 65.2 Å². The topological polar surface area (TPSA) is 73.1 Å². The van der Waals surface area contributed by atoms with Crippen LogP contribution < -0.4 is 9.64 Å². The molecule has 33 heavy (non-hydrogen) atoms. The molecule has 0 bridgehead atoms. The average Bonchev–Trinajstić information content (AvgIpc) is 3.42. The van der Waals surface area contributed by atoms with Crippen LogP contribution in [0.4, 0.5) is 5.13 Å². The third-order valence-electron chi connectivity index (χ3n) is 5.71. The van der Waals surface area contributed by atoms with Crippen molar-refractivity contribution in [2.45, 2.75) is 26.7 Å². The maximum Gasteiger partial charge on any atom is 0.242 e. The molecule has 0 saturated carbocycles. The smallest absolute Gasteiger partial charge is 0.242 e. The number of benzene rings is 1. The highest BCUT2D eigenvalue weighted by molar-refractivity contribution is 7.14. The second-order valence-corrected chi connectivity index (χ2v) is 8.64. The first-order valence-corrected chi connectivity index (χ1v) is 11.6. The first-order chi connectivity index (χ1) is 15.9. The van der Waals surface area contributed by atoms with Gasteiger partial charge in [0.2, 0.25) is 11.8 Å². The summed E-state index contributed by atoms with van der Waals surface area (Å²) in [6.07, 6.45) is 2.64. The largest absolute Gasteiger partial charge is 0.479 e. The number of rotatable bonds is 8. The standard InChI is InChI=1S/C25H27N5O2S/c1-6-14-30(25-27-20(15-33-25)18-10-8-7-9-11-18)21(31)13-12-19-16(2)22-23(26-17(19)3)29(4)28-24(22)32-5/h6-11,15H,1,12-14H2,2-5H3. The van der Waals surface area contributed by atoms with E-state index in [4.69, 9.17) is 14.7 Å². The molecule has 0 aliphatic rings. The predicted octanol–water partition coefficient (Wildman–Crippen LogP) is 4.87. The Morgan fingerprint density at radius 3 is 2.70 bits per heavy atom. The van der Waals surface area contributed by atoms with Crippen LogP contribution in [0.15, 0.2) is 48.4 Å². The lowest BCUT2D eigenvalue weighted by atomic mass is 10.00. The van der Waals surface area contributed by atoms with E-state index in [1.54, 1.807) is 22.8 Å². The summed E-state index contributed by atoms with van der Waals surface area (Å²) >= 11 is 1.46. The fraction of sp³-hybridized carbons (Fsp3) is 0.280. The Labute approximate surface area is 197 Å². The monoisotopic (exact) mass is 461 g/mol. The van der Waals surface area contributed by atoms with Gasteiger partial charge in [-0.15, -0.1) is 23.0 Å². The summed E-state index contributed by atoms with van der Waals surface area (Å²) in [5, 5.41) is 7.95. The van der Waals surface area contributed by atoms with Crippen LogP contribution in [0.25, 0.3) is 22.3 Å². The Morgan fingerprint density at radius 2 is 2.00 bits per heavy atom. The lowest BCUT2D eigenvalue weighted by Gasteiger charge is -2.19. The van der Waals surface area contributed by atoms with Gasteiger partial charge in [0.15, 0.2) is 10.8 Å². The molecule has 0 fully saturated rings. The van der Waals surface area contributed by atoms with Crippen LogP contribution >= 0.6 is 11.3 Å². The number of hydrogen-bond acceptors (Lipinski definition) is 6. The number of carbonyl (C=O) groups excluding carboxylic acids is 1. The minimum atomic E-state index is 0.000843. The van der Waals surface area contributed by atoms with Gasteiger partial charge in [-0.25, -0.2) is 14.6 Å². The van der Waals surface area contributed by atoms with Crippen LogP contribution in [0.3, 0.4) is 0 Å². The molecule has 0 saturated heterocycles. The number of pyridine rings is 1. The molecule has 4 aromatic rings. The van der Waals surface area contributed by atoms with Crippen LogP contribution in [-0.2, 0) is 18.3 Å². The number of aryl methyl sites for hydroxylation is 3. The van der Waals surface area contributed by atoms with Crippen LogP contribution in [0.1, 0.15) is 23.2 Å². The van der Waals surface area contributed by atoms with Crippen LogP contribution in [-0.4, -0.2) is 39.3 Å². The van der Waals surface area contributed by atoms with Gasteiger partial charge in [-0.3, -0.25) is 9.69 Å². The third-order valence-corrected chi connectivity index (χ3v) is 6.57. The summed E-state index contributed by atoms with van der Waals surface area (Å²) in [5.41, 5.74) is 5.66. The lowest BCUT2D eigenvalue weighted by molar-refractivity contribution is -0.118. The molecule has 0 spiro atoms.